The number of benzene rings is 1. The zero-order chi connectivity index (χ0) is 14.9. The molecule has 1 aromatic carbocycles. The van der Waals surface area contributed by atoms with Gasteiger partial charge in [0.2, 0.25) is 0 Å². The van der Waals surface area contributed by atoms with Crippen LogP contribution in [0.2, 0.25) is 5.15 Å². The smallest absolute Gasteiger partial charge is 0.259 e. The van der Waals surface area contributed by atoms with Crippen molar-refractivity contribution in [2.75, 3.05) is 0 Å². The molecule has 0 atom stereocenters. The van der Waals surface area contributed by atoms with Gasteiger partial charge in [0, 0.05) is 17.7 Å². The first-order chi connectivity index (χ1) is 9.29. The molecule has 0 aliphatic carbocycles. The average Bonchev–Trinajstić information content (AvgIpc) is 2.37. The van der Waals surface area contributed by atoms with Crippen LogP contribution in [0.5, 0.6) is 0 Å². The summed E-state index contributed by atoms with van der Waals surface area (Å²) in [7, 11) is -4.32. The number of aromatic nitrogens is 2. The van der Waals surface area contributed by atoms with Crippen LogP contribution in [0.3, 0.4) is 0 Å². The van der Waals surface area contributed by atoms with Crippen LogP contribution in [0.4, 0.5) is 5.69 Å². The molecule has 10 heteroatoms. The fourth-order valence-corrected chi connectivity index (χ4v) is 2.39. The van der Waals surface area contributed by atoms with Gasteiger partial charge in [-0.1, -0.05) is 11.6 Å². The highest BCUT2D eigenvalue weighted by Crippen LogP contribution is 2.29. The van der Waals surface area contributed by atoms with Gasteiger partial charge in [0.05, 0.1) is 27.9 Å². The minimum Gasteiger partial charge on any atom is -0.259 e. The first-order valence-corrected chi connectivity index (χ1v) is 6.91. The summed E-state index contributed by atoms with van der Waals surface area (Å²) in [6, 6.07) is 3.00. The van der Waals surface area contributed by atoms with Gasteiger partial charge in [-0.05, 0) is 6.07 Å². The highest BCUT2D eigenvalue weighted by atomic mass is 35.5. The van der Waals surface area contributed by atoms with Gasteiger partial charge in [-0.25, -0.2) is 13.4 Å². The molecule has 103 valence electrons. The zero-order valence-electron chi connectivity index (χ0n) is 9.65. The third kappa shape index (κ3) is 2.90. The average molecular weight is 314 g/mol. The first-order valence-electron chi connectivity index (χ1n) is 5.05. The van der Waals surface area contributed by atoms with E-state index >= 15 is 0 Å². The number of nitrogens with one attached hydrogen (secondary N) is 1. The van der Waals surface area contributed by atoms with E-state index in [0.29, 0.717) is 0 Å². The van der Waals surface area contributed by atoms with Crippen LogP contribution in [0.1, 0.15) is 0 Å². The second-order valence-corrected chi connectivity index (χ2v) is 5.50. The monoisotopic (exact) mass is 313 g/mol. The predicted octanol–water partition coefficient (Wildman–Crippen LogP) is 1.68. The van der Waals surface area contributed by atoms with Gasteiger partial charge in [-0.3, -0.25) is 15.1 Å². The Morgan fingerprint density at radius 3 is 2.55 bits per heavy atom. The van der Waals surface area contributed by atoms with Crippen LogP contribution in [0.25, 0.3) is 11.3 Å². The second kappa shape index (κ2) is 5.12. The van der Waals surface area contributed by atoms with Gasteiger partial charge >= 0.3 is 0 Å². The Labute approximate surface area is 118 Å². The van der Waals surface area contributed by atoms with Gasteiger partial charge in [0.15, 0.2) is 0 Å². The summed E-state index contributed by atoms with van der Waals surface area (Å²) >= 11 is 5.66. The van der Waals surface area contributed by atoms with Crippen LogP contribution in [0.15, 0.2) is 35.5 Å². The quantitative estimate of drug-likeness (QED) is 0.626. The van der Waals surface area contributed by atoms with Gasteiger partial charge in [-0.15, -0.1) is 5.14 Å². The molecule has 0 aliphatic rings. The molecule has 20 heavy (non-hydrogen) atoms. The number of rotatable bonds is 3. The molecule has 1 N–H and O–H groups in total. The molecular weight excluding hydrogens is 308 g/mol. The molecular formula is C10H6ClN4O4S. The van der Waals surface area contributed by atoms with Gasteiger partial charge in [0.25, 0.3) is 15.7 Å². The Bertz CT molecular complexity index is 794. The van der Waals surface area contributed by atoms with Gasteiger partial charge in [-0.2, -0.15) is 0 Å². The van der Waals surface area contributed by atoms with Crippen LogP contribution < -0.4 is 5.14 Å². The van der Waals surface area contributed by atoms with E-state index in [4.69, 9.17) is 16.7 Å². The lowest BCUT2D eigenvalue weighted by molar-refractivity contribution is -0.384. The number of nitrogens with zero attached hydrogens (tertiary/aromatic N) is 3. The molecule has 0 unspecified atom stereocenters. The molecule has 0 spiro atoms. The number of nitro benzene ring substituents is 1. The van der Waals surface area contributed by atoms with Crippen molar-refractivity contribution in [1.82, 2.24) is 15.1 Å². The second-order valence-electron chi connectivity index (χ2n) is 3.67. The normalized spacial score (nSPS) is 11.3. The molecule has 1 heterocycles. The Morgan fingerprint density at radius 1 is 1.30 bits per heavy atom. The van der Waals surface area contributed by atoms with Crippen LogP contribution in [-0.4, -0.2) is 23.3 Å². The minimum atomic E-state index is -4.32. The maximum atomic E-state index is 11.4. The Balaban J connectivity index is 2.77. The van der Waals surface area contributed by atoms with E-state index in [1.165, 1.54) is 12.4 Å². The largest absolute Gasteiger partial charge is 0.270 e. The van der Waals surface area contributed by atoms with Crippen LogP contribution >= 0.6 is 11.6 Å². The summed E-state index contributed by atoms with van der Waals surface area (Å²) in [6.07, 6.45) is 2.44. The van der Waals surface area contributed by atoms with Gasteiger partial charge in [0.1, 0.15) is 5.15 Å². The maximum Gasteiger partial charge on any atom is 0.270 e. The first kappa shape index (κ1) is 14.3. The fraction of sp³-hybridized carbons (Fsp3) is 0. The lowest BCUT2D eigenvalue weighted by Gasteiger charge is -2.06. The molecule has 0 saturated carbocycles. The number of sulfonamides is 1. The van der Waals surface area contributed by atoms with Crippen molar-refractivity contribution in [3.8, 4) is 11.3 Å². The molecule has 2 aromatic rings. The summed E-state index contributed by atoms with van der Waals surface area (Å²) < 4.78 is 22.8. The van der Waals surface area contributed by atoms with Crippen molar-refractivity contribution in [1.29, 1.82) is 0 Å². The lowest BCUT2D eigenvalue weighted by atomic mass is 10.1. The third-order valence-corrected chi connectivity index (χ3v) is 3.46. The number of non-ortho nitro benzene ring substituents is 1. The Hall–Kier alpha value is -2.10. The minimum absolute atomic E-state index is 0.00216. The Kier molecular flexibility index (Phi) is 3.66. The fourth-order valence-electron chi connectivity index (χ4n) is 1.54. The molecule has 1 radical (unpaired) electrons. The van der Waals surface area contributed by atoms with E-state index in [1.54, 1.807) is 0 Å². The third-order valence-electron chi connectivity index (χ3n) is 2.34. The Morgan fingerprint density at radius 2 is 2.00 bits per heavy atom. The van der Waals surface area contributed by atoms with E-state index in [9.17, 15) is 18.5 Å². The zero-order valence-corrected chi connectivity index (χ0v) is 11.2. The summed E-state index contributed by atoms with van der Waals surface area (Å²) in [4.78, 5) is 17.3. The van der Waals surface area contributed by atoms with E-state index in [-0.39, 0.29) is 22.1 Å². The van der Waals surface area contributed by atoms with Crippen molar-refractivity contribution >= 4 is 27.3 Å². The summed E-state index contributed by atoms with van der Waals surface area (Å²) in [5.74, 6) is 0. The summed E-state index contributed by atoms with van der Waals surface area (Å²) in [5, 5.41) is 17.9. The van der Waals surface area contributed by atoms with Crippen LogP contribution in [-0.2, 0) is 10.0 Å². The van der Waals surface area contributed by atoms with Crippen LogP contribution in [0, 0.1) is 10.1 Å². The molecule has 1 aromatic heterocycles. The molecule has 0 aliphatic heterocycles. The molecule has 0 saturated heterocycles. The lowest BCUT2D eigenvalue weighted by Crippen LogP contribution is -2.04. The highest BCUT2D eigenvalue weighted by Gasteiger charge is 2.21. The van der Waals surface area contributed by atoms with Crippen molar-refractivity contribution in [3.05, 3.63) is 45.9 Å². The summed E-state index contributed by atoms with van der Waals surface area (Å²) in [5.41, 5.74) is -0.384. The van der Waals surface area contributed by atoms with E-state index < -0.39 is 19.8 Å². The van der Waals surface area contributed by atoms with Crippen molar-refractivity contribution in [3.63, 3.8) is 0 Å². The molecule has 0 bridgehead atoms. The van der Waals surface area contributed by atoms with Crippen molar-refractivity contribution in [2.24, 2.45) is 0 Å². The van der Waals surface area contributed by atoms with Crippen molar-refractivity contribution in [2.45, 2.75) is 4.90 Å². The SMILES string of the molecule is [NH]S(=O)(=O)c1ccc([N+](=O)[O-])cc1-c1cncc(Cl)n1. The number of halogens is 1. The molecule has 0 amide bonds. The molecule has 0 fully saturated rings. The topological polar surface area (TPSA) is 127 Å². The van der Waals surface area contributed by atoms with E-state index in [2.05, 4.69) is 9.97 Å². The maximum absolute atomic E-state index is 11.4. The van der Waals surface area contributed by atoms with Crippen molar-refractivity contribution < 1.29 is 13.3 Å². The summed E-state index contributed by atoms with van der Waals surface area (Å²) in [6.45, 7) is 0. The number of hydrogen-bond acceptors (Lipinski definition) is 6. The number of nitro groups is 1. The highest BCUT2D eigenvalue weighted by molar-refractivity contribution is 7.89. The van der Waals surface area contributed by atoms with E-state index in [0.717, 1.165) is 18.2 Å². The molecule has 8 nitrogen and oxygen atoms in total. The predicted molar refractivity (Wildman–Crippen MR) is 69.4 cm³/mol. The van der Waals surface area contributed by atoms with E-state index in [1.807, 2.05) is 0 Å². The number of hydrogen-bond donors (Lipinski definition) is 0. The molecule has 2 rings (SSSR count). The standard InChI is InChI=1S/C10H6ClN4O4S/c11-10-5-13-4-8(14-10)7-3-6(15(16)17)1-2-9(7)20(12,18)19/h1-5,12H. The van der Waals surface area contributed by atoms with Gasteiger partial charge < -0.3 is 0 Å².